The molecule has 6 heteroatoms. The molecule has 0 unspecified atom stereocenters. The van der Waals surface area contributed by atoms with E-state index in [0.717, 1.165) is 44.9 Å². The van der Waals surface area contributed by atoms with Gasteiger partial charge in [0.1, 0.15) is 6.10 Å². The Balaban J connectivity index is 1.64. The highest BCUT2D eigenvalue weighted by molar-refractivity contribution is 5.76. The maximum absolute atomic E-state index is 12.7. The monoisotopic (exact) mass is 420 g/mol. The Kier molecular flexibility index (Phi) is 4.62. The summed E-state index contributed by atoms with van der Waals surface area (Å²) in [7, 11) is 0. The van der Waals surface area contributed by atoms with Crippen molar-refractivity contribution < 1.29 is 28.9 Å². The molecule has 9 atom stereocenters. The van der Waals surface area contributed by atoms with Crippen molar-refractivity contribution in [3.63, 3.8) is 0 Å². The van der Waals surface area contributed by atoms with E-state index < -0.39 is 24.1 Å². The van der Waals surface area contributed by atoms with Gasteiger partial charge in [-0.3, -0.25) is 9.59 Å². The highest BCUT2D eigenvalue weighted by Gasteiger charge is 2.78. The highest BCUT2D eigenvalue weighted by Crippen LogP contribution is 2.73. The molecule has 2 heterocycles. The maximum atomic E-state index is 12.7. The van der Waals surface area contributed by atoms with Gasteiger partial charge in [0.05, 0.1) is 11.3 Å². The first kappa shape index (κ1) is 20.7. The lowest BCUT2D eigenvalue weighted by Crippen LogP contribution is -2.68. The van der Waals surface area contributed by atoms with E-state index >= 15 is 0 Å². The zero-order valence-corrected chi connectivity index (χ0v) is 18.7. The van der Waals surface area contributed by atoms with Crippen LogP contribution in [-0.4, -0.2) is 35.7 Å². The van der Waals surface area contributed by atoms with Gasteiger partial charge >= 0.3 is 11.9 Å². The van der Waals surface area contributed by atoms with Crippen LogP contribution in [0.4, 0.5) is 0 Å². The van der Waals surface area contributed by atoms with E-state index in [1.165, 1.54) is 0 Å². The zero-order valence-electron chi connectivity index (χ0n) is 18.7. The summed E-state index contributed by atoms with van der Waals surface area (Å²) in [4.78, 5) is 25.3. The van der Waals surface area contributed by atoms with Gasteiger partial charge in [-0.15, -0.1) is 0 Å². The number of carbonyl (C=O) groups excluding carboxylic acids is 2. The molecule has 5 aliphatic rings. The fourth-order valence-corrected chi connectivity index (χ4v) is 8.68. The lowest BCUT2D eigenvalue weighted by molar-refractivity contribution is -0.279. The number of ether oxygens (including phenoxy) is 3. The number of aliphatic hydroxyl groups excluding tert-OH is 1. The molecule has 30 heavy (non-hydrogen) atoms. The largest absolute Gasteiger partial charge is 0.462 e. The molecular formula is C24H36O6. The topological polar surface area (TPSA) is 82.1 Å². The molecule has 1 N–H and O–H groups in total. The Bertz CT molecular complexity index is 748. The minimum Gasteiger partial charge on any atom is -0.462 e. The first-order valence-corrected chi connectivity index (χ1v) is 11.9. The van der Waals surface area contributed by atoms with Crippen molar-refractivity contribution in [2.24, 2.45) is 39.9 Å². The van der Waals surface area contributed by atoms with Gasteiger partial charge in [-0.1, -0.05) is 34.1 Å². The third-order valence-corrected chi connectivity index (χ3v) is 9.71. The van der Waals surface area contributed by atoms with Crippen LogP contribution in [0.25, 0.3) is 0 Å². The standard InChI is InChI=1S/C24H36O6/c1-5-7-17(25)28-16-12-15-22(2,3)10-6-11-23(15,4)14-9-8-13-18-20(29-19(13)26)30-21(27)24(14,16)18/h13-16,18,20-21,27H,5-12H2,1-4H3/t13-,14+,15-,16-,18+,20+,21-,23-,24-/m1/s1. The summed E-state index contributed by atoms with van der Waals surface area (Å²) < 4.78 is 17.6. The van der Waals surface area contributed by atoms with Crippen LogP contribution < -0.4 is 0 Å². The Morgan fingerprint density at radius 3 is 2.70 bits per heavy atom. The third-order valence-electron chi connectivity index (χ3n) is 9.71. The molecule has 0 aromatic carbocycles. The van der Waals surface area contributed by atoms with Gasteiger partial charge < -0.3 is 19.3 Å². The second kappa shape index (κ2) is 6.68. The van der Waals surface area contributed by atoms with Crippen molar-refractivity contribution in [2.75, 3.05) is 0 Å². The summed E-state index contributed by atoms with van der Waals surface area (Å²) in [5, 5.41) is 11.4. The Labute approximate surface area is 179 Å². The fourth-order valence-electron chi connectivity index (χ4n) is 8.68. The van der Waals surface area contributed by atoms with Crippen LogP contribution in [-0.2, 0) is 23.8 Å². The SMILES string of the molecule is CCCC(=O)O[C@@H]1C[C@@H]2C(C)(C)CCC[C@]2(C)[C@@H]2CC[C@H]3C(=O)O[C@H]4O[C@@H](O)[C@@]12[C@H]43. The molecule has 5 rings (SSSR count). The molecule has 0 aromatic rings. The van der Waals surface area contributed by atoms with Crippen LogP contribution in [0.15, 0.2) is 0 Å². The van der Waals surface area contributed by atoms with Crippen molar-refractivity contribution in [3.05, 3.63) is 0 Å². The van der Waals surface area contributed by atoms with Crippen LogP contribution in [0.5, 0.6) is 0 Å². The Hall–Kier alpha value is -1.14. The van der Waals surface area contributed by atoms with Crippen molar-refractivity contribution in [2.45, 2.75) is 97.7 Å². The van der Waals surface area contributed by atoms with Crippen molar-refractivity contribution in [3.8, 4) is 0 Å². The van der Waals surface area contributed by atoms with Crippen LogP contribution in [0.2, 0.25) is 0 Å². The van der Waals surface area contributed by atoms with Crippen molar-refractivity contribution in [1.82, 2.24) is 0 Å². The number of rotatable bonds is 3. The van der Waals surface area contributed by atoms with Crippen LogP contribution in [0, 0.1) is 39.9 Å². The average Bonchev–Trinajstić information content (AvgIpc) is 3.13. The highest BCUT2D eigenvalue weighted by atomic mass is 16.8. The van der Waals surface area contributed by atoms with E-state index in [0.29, 0.717) is 12.3 Å². The quantitative estimate of drug-likeness (QED) is 0.700. The van der Waals surface area contributed by atoms with E-state index in [-0.39, 0.29) is 40.5 Å². The van der Waals surface area contributed by atoms with E-state index in [2.05, 4.69) is 20.8 Å². The summed E-state index contributed by atoms with van der Waals surface area (Å²) in [5.41, 5.74) is -0.597. The first-order valence-electron chi connectivity index (χ1n) is 11.9. The second-order valence-corrected chi connectivity index (χ2v) is 11.4. The zero-order chi connectivity index (χ0) is 21.5. The summed E-state index contributed by atoms with van der Waals surface area (Å²) >= 11 is 0. The Morgan fingerprint density at radius 1 is 1.20 bits per heavy atom. The number of hydrogen-bond acceptors (Lipinski definition) is 6. The maximum Gasteiger partial charge on any atom is 0.311 e. The molecule has 0 amide bonds. The molecule has 3 saturated carbocycles. The number of hydrogen-bond donors (Lipinski definition) is 1. The molecule has 1 spiro atoms. The van der Waals surface area contributed by atoms with E-state index in [1.54, 1.807) is 0 Å². The molecule has 2 aliphatic heterocycles. The normalized spacial score (nSPS) is 50.8. The number of aliphatic hydroxyl groups is 1. The molecule has 6 nitrogen and oxygen atoms in total. The predicted octanol–water partition coefficient (Wildman–Crippen LogP) is 3.79. The first-order chi connectivity index (χ1) is 14.2. The number of carbonyl (C=O) groups is 2. The molecule has 2 saturated heterocycles. The molecule has 0 aromatic heterocycles. The van der Waals surface area contributed by atoms with Crippen molar-refractivity contribution >= 4 is 11.9 Å². The summed E-state index contributed by atoms with van der Waals surface area (Å²) in [6.07, 6.45) is 4.62. The summed E-state index contributed by atoms with van der Waals surface area (Å²) in [5.74, 6) is -0.401. The smallest absolute Gasteiger partial charge is 0.311 e. The number of fused-ring (bicyclic) bond motifs is 2. The predicted molar refractivity (Wildman–Crippen MR) is 108 cm³/mol. The van der Waals surface area contributed by atoms with E-state index in [4.69, 9.17) is 14.2 Å². The van der Waals surface area contributed by atoms with Gasteiger partial charge in [-0.25, -0.2) is 0 Å². The van der Waals surface area contributed by atoms with Gasteiger partial charge in [-0.05, 0) is 61.2 Å². The number of esters is 2. The summed E-state index contributed by atoms with van der Waals surface area (Å²) in [6.45, 7) is 9.04. The molecule has 3 aliphatic carbocycles. The van der Waals surface area contributed by atoms with E-state index in [1.807, 2.05) is 6.92 Å². The van der Waals surface area contributed by atoms with E-state index in [9.17, 15) is 14.7 Å². The minimum absolute atomic E-state index is 0.0191. The second-order valence-electron chi connectivity index (χ2n) is 11.4. The van der Waals surface area contributed by atoms with Gasteiger partial charge in [0, 0.05) is 12.3 Å². The van der Waals surface area contributed by atoms with Gasteiger partial charge in [0.25, 0.3) is 0 Å². The molecular weight excluding hydrogens is 384 g/mol. The average molecular weight is 421 g/mol. The fraction of sp³-hybridized carbons (Fsp3) is 0.917. The van der Waals surface area contributed by atoms with Gasteiger partial charge in [0.15, 0.2) is 6.29 Å². The lowest BCUT2D eigenvalue weighted by Gasteiger charge is -2.67. The molecule has 168 valence electrons. The van der Waals surface area contributed by atoms with Crippen molar-refractivity contribution in [1.29, 1.82) is 0 Å². The lowest BCUT2D eigenvalue weighted by atomic mass is 9.37. The summed E-state index contributed by atoms with van der Waals surface area (Å²) in [6, 6.07) is 0. The third kappa shape index (κ3) is 2.49. The molecule has 0 bridgehead atoms. The van der Waals surface area contributed by atoms with Crippen LogP contribution in [0.1, 0.15) is 79.1 Å². The van der Waals surface area contributed by atoms with Crippen LogP contribution >= 0.6 is 0 Å². The Morgan fingerprint density at radius 2 is 1.97 bits per heavy atom. The van der Waals surface area contributed by atoms with Crippen LogP contribution in [0.3, 0.4) is 0 Å². The van der Waals surface area contributed by atoms with Gasteiger partial charge in [-0.2, -0.15) is 0 Å². The van der Waals surface area contributed by atoms with Gasteiger partial charge in [0.2, 0.25) is 6.29 Å². The minimum atomic E-state index is -1.07. The molecule has 0 radical (unpaired) electrons. The molecule has 5 fully saturated rings.